The fraction of sp³-hybridized carbons (Fsp3) is 0.167. The third kappa shape index (κ3) is 2.61. The van der Waals surface area contributed by atoms with Gasteiger partial charge in [-0.3, -0.25) is 4.98 Å². The van der Waals surface area contributed by atoms with E-state index in [1.54, 1.807) is 12.5 Å². The van der Waals surface area contributed by atoms with Gasteiger partial charge >= 0.3 is 0 Å². The van der Waals surface area contributed by atoms with Crippen molar-refractivity contribution < 1.29 is 4.52 Å². The highest BCUT2D eigenvalue weighted by atomic mass is 79.9. The minimum atomic E-state index is 0.362. The molecule has 0 saturated heterocycles. The summed E-state index contributed by atoms with van der Waals surface area (Å²) in [6.45, 7) is 1.25. The number of rotatable bonds is 4. The van der Waals surface area contributed by atoms with E-state index in [0.717, 1.165) is 4.47 Å². The van der Waals surface area contributed by atoms with Crippen LogP contribution in [0.4, 0.5) is 0 Å². The molecule has 0 amide bonds. The molecule has 3 rings (SSSR count). The summed E-state index contributed by atoms with van der Waals surface area (Å²) >= 11 is 3.33. The molecule has 0 aliphatic carbocycles. The van der Waals surface area contributed by atoms with Crippen LogP contribution < -0.4 is 5.73 Å². The molecular formula is C12H11BrN6O. The first-order chi connectivity index (χ1) is 9.76. The number of hydrogen-bond donors (Lipinski definition) is 1. The van der Waals surface area contributed by atoms with E-state index >= 15 is 0 Å². The predicted octanol–water partition coefficient (Wildman–Crippen LogP) is 1.72. The smallest absolute Gasteiger partial charge is 0.278 e. The Kier molecular flexibility index (Phi) is 3.57. The van der Waals surface area contributed by atoms with Crippen molar-refractivity contribution in [1.82, 2.24) is 24.7 Å². The van der Waals surface area contributed by atoms with Crippen LogP contribution in [0.1, 0.15) is 0 Å². The van der Waals surface area contributed by atoms with Gasteiger partial charge in [-0.25, -0.2) is 4.98 Å². The van der Waals surface area contributed by atoms with Crippen LogP contribution in [0.3, 0.4) is 0 Å². The maximum atomic E-state index is 5.49. The molecule has 0 spiro atoms. The summed E-state index contributed by atoms with van der Waals surface area (Å²) in [5, 5.41) is 3.91. The molecule has 2 N–H and O–H groups in total. The first-order valence-electron chi connectivity index (χ1n) is 5.94. The van der Waals surface area contributed by atoms with Gasteiger partial charge in [0.1, 0.15) is 11.4 Å². The SMILES string of the molecule is NCCn1cnc(-c2nc(-c3ccc(Br)cn3)no2)c1. The van der Waals surface area contributed by atoms with Crippen LogP contribution in [0.2, 0.25) is 0 Å². The second-order valence-electron chi connectivity index (χ2n) is 4.07. The Labute approximate surface area is 123 Å². The van der Waals surface area contributed by atoms with Crippen LogP contribution in [-0.2, 0) is 6.54 Å². The maximum Gasteiger partial charge on any atom is 0.278 e. The monoisotopic (exact) mass is 334 g/mol. The molecule has 0 aliphatic heterocycles. The quantitative estimate of drug-likeness (QED) is 0.780. The molecule has 0 saturated carbocycles. The highest BCUT2D eigenvalue weighted by Crippen LogP contribution is 2.20. The topological polar surface area (TPSA) is 95.7 Å². The Balaban J connectivity index is 1.87. The van der Waals surface area contributed by atoms with E-state index in [2.05, 4.69) is 36.0 Å². The van der Waals surface area contributed by atoms with Crippen molar-refractivity contribution in [3.8, 4) is 23.1 Å². The molecule has 3 heterocycles. The minimum Gasteiger partial charge on any atom is -0.335 e. The molecule has 3 aromatic rings. The van der Waals surface area contributed by atoms with E-state index in [0.29, 0.717) is 36.2 Å². The molecule has 3 aromatic heterocycles. The first-order valence-corrected chi connectivity index (χ1v) is 6.73. The van der Waals surface area contributed by atoms with Crippen LogP contribution in [0, 0.1) is 0 Å². The molecule has 0 unspecified atom stereocenters. The van der Waals surface area contributed by atoms with Crippen molar-refractivity contribution in [2.45, 2.75) is 6.54 Å². The highest BCUT2D eigenvalue weighted by molar-refractivity contribution is 9.10. The molecule has 102 valence electrons. The summed E-state index contributed by atoms with van der Waals surface area (Å²) in [6, 6.07) is 3.68. The fourth-order valence-electron chi connectivity index (χ4n) is 1.68. The van der Waals surface area contributed by atoms with Gasteiger partial charge in [0.25, 0.3) is 5.89 Å². The Morgan fingerprint density at radius 3 is 2.90 bits per heavy atom. The average molecular weight is 335 g/mol. The van der Waals surface area contributed by atoms with Crippen molar-refractivity contribution in [2.24, 2.45) is 5.73 Å². The lowest BCUT2D eigenvalue weighted by molar-refractivity contribution is 0.431. The van der Waals surface area contributed by atoms with E-state index in [4.69, 9.17) is 10.3 Å². The average Bonchev–Trinajstić information content (AvgIpc) is 3.08. The fourth-order valence-corrected chi connectivity index (χ4v) is 1.92. The zero-order valence-electron chi connectivity index (χ0n) is 10.4. The molecule has 0 aromatic carbocycles. The van der Waals surface area contributed by atoms with Gasteiger partial charge in [-0.15, -0.1) is 0 Å². The summed E-state index contributed by atoms with van der Waals surface area (Å²) in [7, 11) is 0. The Morgan fingerprint density at radius 2 is 2.15 bits per heavy atom. The van der Waals surface area contributed by atoms with E-state index in [-0.39, 0.29) is 0 Å². The normalized spacial score (nSPS) is 10.9. The van der Waals surface area contributed by atoms with Crippen LogP contribution >= 0.6 is 15.9 Å². The summed E-state index contributed by atoms with van der Waals surface area (Å²) < 4.78 is 7.97. The van der Waals surface area contributed by atoms with Gasteiger partial charge in [0.2, 0.25) is 5.82 Å². The van der Waals surface area contributed by atoms with E-state index in [1.165, 1.54) is 0 Å². The molecule has 0 radical (unpaired) electrons. The number of hydrogen-bond acceptors (Lipinski definition) is 6. The van der Waals surface area contributed by atoms with Crippen molar-refractivity contribution in [3.63, 3.8) is 0 Å². The number of imidazole rings is 1. The van der Waals surface area contributed by atoms with E-state index in [1.807, 2.05) is 22.9 Å². The van der Waals surface area contributed by atoms with Crippen molar-refractivity contribution >= 4 is 15.9 Å². The third-order valence-electron chi connectivity index (χ3n) is 2.62. The number of aromatic nitrogens is 5. The molecule has 0 fully saturated rings. The number of nitrogens with two attached hydrogens (primary N) is 1. The van der Waals surface area contributed by atoms with Crippen molar-refractivity contribution in [2.75, 3.05) is 6.54 Å². The van der Waals surface area contributed by atoms with Crippen LogP contribution in [0.25, 0.3) is 23.1 Å². The lowest BCUT2D eigenvalue weighted by Crippen LogP contribution is -2.07. The number of pyridine rings is 1. The third-order valence-corrected chi connectivity index (χ3v) is 3.09. The van der Waals surface area contributed by atoms with Crippen molar-refractivity contribution in [1.29, 1.82) is 0 Å². The summed E-state index contributed by atoms with van der Waals surface area (Å²) in [4.78, 5) is 12.7. The van der Waals surface area contributed by atoms with Crippen molar-refractivity contribution in [3.05, 3.63) is 35.3 Å². The lowest BCUT2D eigenvalue weighted by atomic mass is 10.3. The second-order valence-corrected chi connectivity index (χ2v) is 4.99. The predicted molar refractivity (Wildman–Crippen MR) is 75.5 cm³/mol. The standard InChI is InChI=1S/C12H11BrN6O/c13-8-1-2-9(15-5-8)11-17-12(20-18-11)10-6-19(4-3-14)7-16-10/h1-2,5-7H,3-4,14H2. The van der Waals surface area contributed by atoms with Gasteiger partial charge in [0.15, 0.2) is 0 Å². The molecule has 20 heavy (non-hydrogen) atoms. The van der Waals surface area contributed by atoms with Gasteiger partial charge < -0.3 is 14.8 Å². The van der Waals surface area contributed by atoms with Gasteiger partial charge in [-0.05, 0) is 28.1 Å². The van der Waals surface area contributed by atoms with Gasteiger partial charge in [-0.1, -0.05) is 5.16 Å². The Morgan fingerprint density at radius 1 is 1.25 bits per heavy atom. The molecule has 0 aliphatic rings. The zero-order chi connectivity index (χ0) is 13.9. The van der Waals surface area contributed by atoms with Crippen LogP contribution in [0.15, 0.2) is 39.8 Å². The Hall–Kier alpha value is -2.06. The first kappa shape index (κ1) is 12.9. The van der Waals surface area contributed by atoms with Crippen LogP contribution in [0.5, 0.6) is 0 Å². The minimum absolute atomic E-state index is 0.362. The molecule has 0 atom stereocenters. The van der Waals surface area contributed by atoms with Crippen LogP contribution in [-0.4, -0.2) is 31.2 Å². The maximum absolute atomic E-state index is 5.49. The van der Waals surface area contributed by atoms with E-state index in [9.17, 15) is 0 Å². The summed E-state index contributed by atoms with van der Waals surface area (Å²) in [6.07, 6.45) is 5.18. The van der Waals surface area contributed by atoms with E-state index < -0.39 is 0 Å². The summed E-state index contributed by atoms with van der Waals surface area (Å²) in [5.74, 6) is 0.793. The largest absolute Gasteiger partial charge is 0.335 e. The van der Waals surface area contributed by atoms with Gasteiger partial charge in [0.05, 0.1) is 6.33 Å². The molecule has 7 nitrogen and oxygen atoms in total. The lowest BCUT2D eigenvalue weighted by Gasteiger charge is -1.94. The molecular weight excluding hydrogens is 324 g/mol. The molecule has 8 heteroatoms. The second kappa shape index (κ2) is 5.51. The van der Waals surface area contributed by atoms with Gasteiger partial charge in [-0.2, -0.15) is 4.98 Å². The van der Waals surface area contributed by atoms with Gasteiger partial charge in [0, 0.05) is 30.0 Å². The highest BCUT2D eigenvalue weighted by Gasteiger charge is 2.13. The zero-order valence-corrected chi connectivity index (χ0v) is 12.0. The summed E-state index contributed by atoms with van der Waals surface area (Å²) in [5.41, 5.74) is 6.75. The number of nitrogens with zero attached hydrogens (tertiary/aromatic N) is 5. The Bertz CT molecular complexity index is 705. The number of halogens is 1. The molecule has 0 bridgehead atoms.